The minimum absolute atomic E-state index is 0.0244. The summed E-state index contributed by atoms with van der Waals surface area (Å²) in [6, 6.07) is 8.88. The van der Waals surface area contributed by atoms with E-state index in [0.717, 1.165) is 24.0 Å². The zero-order valence-electron chi connectivity index (χ0n) is 24.4. The molecule has 10 nitrogen and oxygen atoms in total. The van der Waals surface area contributed by atoms with Crippen LogP contribution in [0.4, 0.5) is 10.6 Å². The summed E-state index contributed by atoms with van der Waals surface area (Å²) >= 11 is 0. The first-order chi connectivity index (χ1) is 19.5. The number of amides is 2. The molecule has 10 heteroatoms. The number of carbonyl (C=O) groups is 2. The second kappa shape index (κ2) is 11.9. The number of rotatable bonds is 9. The Morgan fingerprint density at radius 1 is 1.17 bits per heavy atom. The molecule has 2 atom stereocenters. The molecule has 2 amide bonds. The van der Waals surface area contributed by atoms with E-state index in [1.54, 1.807) is 46.2 Å². The van der Waals surface area contributed by atoms with E-state index in [9.17, 15) is 14.7 Å². The summed E-state index contributed by atoms with van der Waals surface area (Å²) in [6.07, 6.45) is 6.80. The molecule has 2 aliphatic carbocycles. The fourth-order valence-electron chi connectivity index (χ4n) is 6.13. The SMILES string of the molecule is COCOc1ccc2c(c1)CN(C(=O)OC(C)(C)C)[C@H]([C@H](O)CNC(=O)c1ccnc(NC3CC4(CCC4)C3)c1)C2. The van der Waals surface area contributed by atoms with Gasteiger partial charge in [0.15, 0.2) is 6.79 Å². The second-order valence-electron chi connectivity index (χ2n) is 12.7. The highest BCUT2D eigenvalue weighted by Crippen LogP contribution is 2.56. The van der Waals surface area contributed by atoms with Crippen molar-refractivity contribution in [3.8, 4) is 5.75 Å². The number of aliphatic hydroxyl groups is 1. The Balaban J connectivity index is 1.23. The van der Waals surface area contributed by atoms with Gasteiger partial charge in [-0.05, 0) is 93.7 Å². The highest BCUT2D eigenvalue weighted by atomic mass is 16.7. The van der Waals surface area contributed by atoms with Crippen LogP contribution >= 0.6 is 0 Å². The lowest BCUT2D eigenvalue weighted by atomic mass is 9.54. The maximum absolute atomic E-state index is 13.2. The lowest BCUT2D eigenvalue weighted by Crippen LogP contribution is -2.54. The third-order valence-corrected chi connectivity index (χ3v) is 8.38. The molecule has 1 aliphatic heterocycles. The Morgan fingerprint density at radius 3 is 2.63 bits per heavy atom. The Labute approximate surface area is 241 Å². The summed E-state index contributed by atoms with van der Waals surface area (Å²) in [7, 11) is 1.55. The van der Waals surface area contributed by atoms with Gasteiger partial charge in [0.1, 0.15) is 17.2 Å². The number of hydrogen-bond acceptors (Lipinski definition) is 8. The number of fused-ring (bicyclic) bond motifs is 1. The van der Waals surface area contributed by atoms with E-state index >= 15 is 0 Å². The third kappa shape index (κ3) is 6.93. The highest BCUT2D eigenvalue weighted by molar-refractivity contribution is 5.94. The van der Waals surface area contributed by atoms with Gasteiger partial charge in [-0.25, -0.2) is 9.78 Å². The number of ether oxygens (including phenoxy) is 3. The third-order valence-electron chi connectivity index (χ3n) is 8.38. The van der Waals surface area contributed by atoms with Gasteiger partial charge < -0.3 is 30.0 Å². The maximum atomic E-state index is 13.2. The van der Waals surface area contributed by atoms with Gasteiger partial charge in [-0.1, -0.05) is 12.5 Å². The van der Waals surface area contributed by atoms with Crippen LogP contribution in [0.2, 0.25) is 0 Å². The van der Waals surface area contributed by atoms with Gasteiger partial charge in [0.2, 0.25) is 0 Å². The van der Waals surface area contributed by atoms with Crippen molar-refractivity contribution in [1.82, 2.24) is 15.2 Å². The van der Waals surface area contributed by atoms with E-state index in [4.69, 9.17) is 14.2 Å². The number of aliphatic hydroxyl groups excluding tert-OH is 1. The van der Waals surface area contributed by atoms with Crippen LogP contribution in [0.15, 0.2) is 36.5 Å². The van der Waals surface area contributed by atoms with E-state index in [1.807, 2.05) is 18.2 Å². The van der Waals surface area contributed by atoms with Gasteiger partial charge in [-0.2, -0.15) is 0 Å². The van der Waals surface area contributed by atoms with Crippen LogP contribution in [-0.2, 0) is 22.4 Å². The van der Waals surface area contributed by atoms with Crippen molar-refractivity contribution in [3.05, 3.63) is 53.2 Å². The van der Waals surface area contributed by atoms with Gasteiger partial charge >= 0.3 is 6.09 Å². The molecular formula is C31H42N4O6. The van der Waals surface area contributed by atoms with Crippen LogP contribution in [0.5, 0.6) is 5.75 Å². The molecule has 2 saturated carbocycles. The summed E-state index contributed by atoms with van der Waals surface area (Å²) in [5.74, 6) is 1.01. The fraction of sp³-hybridized carbons (Fsp3) is 0.581. The monoisotopic (exact) mass is 566 g/mol. The van der Waals surface area contributed by atoms with Gasteiger partial charge in [0, 0.05) is 38.0 Å². The Bertz CT molecular complexity index is 1250. The van der Waals surface area contributed by atoms with Crippen LogP contribution < -0.4 is 15.4 Å². The van der Waals surface area contributed by atoms with E-state index in [2.05, 4.69) is 15.6 Å². The topological polar surface area (TPSA) is 122 Å². The smallest absolute Gasteiger partial charge is 0.410 e. The number of nitrogens with zero attached hydrogens (tertiary/aromatic N) is 2. The van der Waals surface area contributed by atoms with Crippen molar-refractivity contribution >= 4 is 17.8 Å². The van der Waals surface area contributed by atoms with Crippen molar-refractivity contribution < 1.29 is 28.9 Å². The molecule has 1 aromatic carbocycles. The van der Waals surface area contributed by atoms with Gasteiger partial charge in [-0.15, -0.1) is 0 Å². The first-order valence-corrected chi connectivity index (χ1v) is 14.5. The van der Waals surface area contributed by atoms with E-state index in [1.165, 1.54) is 24.2 Å². The lowest BCUT2D eigenvalue weighted by Gasteiger charge is -2.54. The lowest BCUT2D eigenvalue weighted by molar-refractivity contribution is -0.0114. The molecule has 1 aromatic heterocycles. The quantitative estimate of drug-likeness (QED) is 0.385. The number of carbonyl (C=O) groups excluding carboxylic acids is 2. The molecule has 5 rings (SSSR count). The molecule has 0 saturated heterocycles. The Hall–Kier alpha value is -3.37. The van der Waals surface area contributed by atoms with E-state index < -0.39 is 23.8 Å². The van der Waals surface area contributed by atoms with Crippen molar-refractivity contribution in [2.24, 2.45) is 5.41 Å². The number of pyridine rings is 1. The van der Waals surface area contributed by atoms with E-state index in [0.29, 0.717) is 35.0 Å². The first-order valence-electron chi connectivity index (χ1n) is 14.5. The molecule has 3 aliphatic rings. The standard InChI is InChI=1S/C31H42N4O6/c1-30(2,3)41-29(38)35-18-22-12-24(40-19-39-4)7-6-20(22)13-25(35)26(36)17-33-28(37)21-8-11-32-27(14-21)34-23-15-31(16-23)9-5-10-31/h6-8,11-12,14,23,25-26,36H,5,9-10,13,15-19H2,1-4H3,(H,32,34)(H,33,37)/t25-,26+/m0/s1. The summed E-state index contributed by atoms with van der Waals surface area (Å²) in [5, 5.41) is 17.5. The van der Waals surface area contributed by atoms with Crippen molar-refractivity contribution in [2.45, 2.75) is 89.6 Å². The number of methoxy groups -OCH3 is 1. The number of nitrogens with one attached hydrogen (secondary N) is 2. The van der Waals surface area contributed by atoms with Gasteiger partial charge in [-0.3, -0.25) is 9.69 Å². The van der Waals surface area contributed by atoms with Crippen molar-refractivity contribution in [3.63, 3.8) is 0 Å². The second-order valence-corrected chi connectivity index (χ2v) is 12.7. The molecule has 2 aromatic rings. The molecule has 0 unspecified atom stereocenters. The zero-order valence-corrected chi connectivity index (χ0v) is 24.4. The fourth-order valence-corrected chi connectivity index (χ4v) is 6.13. The van der Waals surface area contributed by atoms with E-state index in [-0.39, 0.29) is 25.8 Å². The van der Waals surface area contributed by atoms with Crippen LogP contribution in [0, 0.1) is 5.41 Å². The molecular weight excluding hydrogens is 524 g/mol. The van der Waals surface area contributed by atoms with Gasteiger partial charge in [0.05, 0.1) is 12.1 Å². The first kappa shape index (κ1) is 29.1. The number of benzene rings is 1. The molecule has 0 bridgehead atoms. The predicted octanol–water partition coefficient (Wildman–Crippen LogP) is 4.26. The number of aromatic nitrogens is 1. The number of hydrogen-bond donors (Lipinski definition) is 3. The zero-order chi connectivity index (χ0) is 29.2. The minimum atomic E-state index is -1.02. The molecule has 222 valence electrons. The summed E-state index contributed by atoms with van der Waals surface area (Å²) in [4.78, 5) is 32.2. The van der Waals surface area contributed by atoms with Gasteiger partial charge in [0.25, 0.3) is 5.91 Å². The predicted molar refractivity (Wildman–Crippen MR) is 154 cm³/mol. The molecule has 3 N–H and O–H groups in total. The van der Waals surface area contributed by atoms with Crippen molar-refractivity contribution in [1.29, 1.82) is 0 Å². The number of anilines is 1. The maximum Gasteiger partial charge on any atom is 0.410 e. The minimum Gasteiger partial charge on any atom is -0.468 e. The van der Waals surface area contributed by atoms with Crippen LogP contribution in [-0.4, -0.2) is 71.2 Å². The average Bonchev–Trinajstić information content (AvgIpc) is 2.89. The molecule has 41 heavy (non-hydrogen) atoms. The largest absolute Gasteiger partial charge is 0.468 e. The summed E-state index contributed by atoms with van der Waals surface area (Å²) in [5.41, 5.74) is 2.22. The Kier molecular flexibility index (Phi) is 8.42. The normalized spacial score (nSPS) is 20.3. The Morgan fingerprint density at radius 2 is 1.95 bits per heavy atom. The summed E-state index contributed by atoms with van der Waals surface area (Å²) in [6.45, 7) is 5.75. The molecule has 2 heterocycles. The van der Waals surface area contributed by atoms with Crippen LogP contribution in [0.25, 0.3) is 0 Å². The van der Waals surface area contributed by atoms with Crippen LogP contribution in [0.1, 0.15) is 74.4 Å². The summed E-state index contributed by atoms with van der Waals surface area (Å²) < 4.78 is 16.2. The molecule has 1 spiro atoms. The van der Waals surface area contributed by atoms with Crippen LogP contribution in [0.3, 0.4) is 0 Å². The molecule has 0 radical (unpaired) electrons. The molecule has 2 fully saturated rings. The highest BCUT2D eigenvalue weighted by Gasteiger charge is 2.48. The average molecular weight is 567 g/mol. The van der Waals surface area contributed by atoms with Crippen molar-refractivity contribution in [2.75, 3.05) is 25.8 Å².